The fourth-order valence-electron chi connectivity index (χ4n) is 4.67. The van der Waals surface area contributed by atoms with Crippen molar-refractivity contribution in [2.24, 2.45) is 5.92 Å². The molecular formula is C24H32N4O3S. The minimum atomic E-state index is -3.41. The fraction of sp³-hybridized carbons (Fsp3) is 0.500. The van der Waals surface area contributed by atoms with Crippen LogP contribution in [-0.4, -0.2) is 54.7 Å². The first-order valence-corrected chi connectivity index (χ1v) is 12.8. The molecule has 1 unspecified atom stereocenters. The number of likely N-dealkylation sites (tertiary alicyclic amines) is 1. The minimum absolute atomic E-state index is 0.0545. The highest BCUT2D eigenvalue weighted by Gasteiger charge is 2.29. The van der Waals surface area contributed by atoms with Crippen LogP contribution < -0.4 is 5.32 Å². The molecule has 0 aliphatic carbocycles. The van der Waals surface area contributed by atoms with Crippen LogP contribution in [0.5, 0.6) is 0 Å². The van der Waals surface area contributed by atoms with E-state index in [2.05, 4.69) is 15.2 Å². The maximum Gasteiger partial charge on any atom is 0.243 e. The quantitative estimate of drug-likeness (QED) is 0.693. The van der Waals surface area contributed by atoms with Gasteiger partial charge >= 0.3 is 0 Å². The van der Waals surface area contributed by atoms with Crippen molar-refractivity contribution >= 4 is 15.9 Å². The van der Waals surface area contributed by atoms with Crippen LogP contribution in [0.25, 0.3) is 0 Å². The first kappa shape index (κ1) is 22.9. The van der Waals surface area contributed by atoms with Crippen molar-refractivity contribution in [3.63, 3.8) is 0 Å². The molecule has 2 aliphatic rings. The summed E-state index contributed by atoms with van der Waals surface area (Å²) >= 11 is 0. The van der Waals surface area contributed by atoms with Gasteiger partial charge < -0.3 is 5.32 Å². The maximum atomic E-state index is 12.9. The molecule has 2 aliphatic heterocycles. The molecule has 0 radical (unpaired) electrons. The zero-order chi connectivity index (χ0) is 22.7. The van der Waals surface area contributed by atoms with Gasteiger partial charge in [-0.2, -0.15) is 4.31 Å². The molecule has 7 nitrogen and oxygen atoms in total. The summed E-state index contributed by atoms with van der Waals surface area (Å²) in [6.45, 7) is 7.78. The lowest BCUT2D eigenvalue weighted by atomic mass is 10.1. The van der Waals surface area contributed by atoms with Gasteiger partial charge in [0.15, 0.2) is 0 Å². The Labute approximate surface area is 190 Å². The number of benzene rings is 1. The molecule has 4 rings (SSSR count). The number of hydrogen-bond donors (Lipinski definition) is 1. The van der Waals surface area contributed by atoms with Crippen LogP contribution >= 0.6 is 0 Å². The Hall–Kier alpha value is -2.29. The molecule has 0 saturated carbocycles. The highest BCUT2D eigenvalue weighted by Crippen LogP contribution is 2.24. The van der Waals surface area contributed by atoms with Crippen molar-refractivity contribution in [2.45, 2.75) is 51.1 Å². The Morgan fingerprint density at radius 3 is 2.66 bits per heavy atom. The van der Waals surface area contributed by atoms with Crippen molar-refractivity contribution in [3.8, 4) is 0 Å². The van der Waals surface area contributed by atoms with E-state index >= 15 is 0 Å². The number of rotatable bonds is 7. The number of nitrogens with zero attached hydrogens (tertiary/aromatic N) is 3. The van der Waals surface area contributed by atoms with Gasteiger partial charge in [0.05, 0.1) is 23.1 Å². The van der Waals surface area contributed by atoms with Crippen LogP contribution in [0.2, 0.25) is 0 Å². The monoisotopic (exact) mass is 456 g/mol. The molecule has 2 saturated heterocycles. The lowest BCUT2D eigenvalue weighted by molar-refractivity contribution is -0.124. The molecule has 2 fully saturated rings. The third kappa shape index (κ3) is 5.36. The van der Waals surface area contributed by atoms with Gasteiger partial charge in [0.2, 0.25) is 15.9 Å². The molecule has 32 heavy (non-hydrogen) atoms. The number of sulfonamides is 1. The normalized spacial score (nSPS) is 20.0. The van der Waals surface area contributed by atoms with Crippen molar-refractivity contribution in [2.75, 3.05) is 26.2 Å². The van der Waals surface area contributed by atoms with E-state index < -0.39 is 10.0 Å². The van der Waals surface area contributed by atoms with Crippen molar-refractivity contribution in [1.82, 2.24) is 19.5 Å². The number of pyridine rings is 1. The van der Waals surface area contributed by atoms with E-state index in [1.54, 1.807) is 16.4 Å². The second kappa shape index (κ2) is 9.68. The molecule has 3 heterocycles. The molecule has 172 valence electrons. The van der Waals surface area contributed by atoms with Gasteiger partial charge in [-0.25, -0.2) is 8.42 Å². The predicted octanol–water partition coefficient (Wildman–Crippen LogP) is 2.62. The summed E-state index contributed by atoms with van der Waals surface area (Å²) in [4.78, 5) is 19.7. The number of amides is 1. The third-order valence-electron chi connectivity index (χ3n) is 6.25. The number of aryl methyl sites for hydroxylation is 2. The minimum Gasteiger partial charge on any atom is -0.350 e. The number of carbonyl (C=O) groups is 1. The average molecular weight is 457 g/mol. The average Bonchev–Trinajstić information content (AvgIpc) is 3.44. The second-order valence-electron chi connectivity index (χ2n) is 8.97. The van der Waals surface area contributed by atoms with Crippen molar-refractivity contribution < 1.29 is 13.2 Å². The molecule has 1 aromatic heterocycles. The number of nitrogens with one attached hydrogen (secondary N) is 1. The first-order chi connectivity index (χ1) is 15.3. The Morgan fingerprint density at radius 2 is 1.91 bits per heavy atom. The van der Waals surface area contributed by atoms with Crippen LogP contribution in [0.3, 0.4) is 0 Å². The highest BCUT2D eigenvalue weighted by atomic mass is 32.2. The van der Waals surface area contributed by atoms with Gasteiger partial charge in [0.25, 0.3) is 0 Å². The number of hydrogen-bond acceptors (Lipinski definition) is 5. The van der Waals surface area contributed by atoms with Crippen LogP contribution in [0.15, 0.2) is 41.3 Å². The Bertz CT molecular complexity index is 1060. The van der Waals surface area contributed by atoms with Crippen LogP contribution in [0, 0.1) is 19.8 Å². The van der Waals surface area contributed by atoms with E-state index in [1.165, 1.54) is 0 Å². The van der Waals surface area contributed by atoms with Crippen molar-refractivity contribution in [1.29, 1.82) is 0 Å². The van der Waals surface area contributed by atoms with Gasteiger partial charge in [-0.05, 0) is 75.0 Å². The van der Waals surface area contributed by atoms with E-state index in [9.17, 15) is 13.2 Å². The first-order valence-electron chi connectivity index (χ1n) is 11.3. The molecular weight excluding hydrogens is 424 g/mol. The molecule has 1 aromatic carbocycles. The second-order valence-corrected chi connectivity index (χ2v) is 10.9. The molecule has 2 aromatic rings. The Balaban J connectivity index is 1.32. The Morgan fingerprint density at radius 1 is 1.12 bits per heavy atom. The standard InChI is InChI=1S/C24H32N4O3S/c1-18-12-19(2)26-22(13-18)15-25-24(29)21-8-11-27(17-21)16-20-6-5-7-23(14-20)32(30,31)28-9-3-4-10-28/h5-7,12-14,21H,3-4,8-11,15-17H2,1-2H3,(H,25,29). The molecule has 1 N–H and O–H groups in total. The summed E-state index contributed by atoms with van der Waals surface area (Å²) in [6, 6.07) is 11.3. The van der Waals surface area contributed by atoms with E-state index in [-0.39, 0.29) is 11.8 Å². The molecule has 0 bridgehead atoms. The molecule has 1 amide bonds. The summed E-state index contributed by atoms with van der Waals surface area (Å²) in [5.41, 5.74) is 3.94. The van der Waals surface area contributed by atoms with Crippen LogP contribution in [0.4, 0.5) is 0 Å². The van der Waals surface area contributed by atoms with Crippen LogP contribution in [-0.2, 0) is 27.9 Å². The predicted molar refractivity (Wildman–Crippen MR) is 123 cm³/mol. The highest BCUT2D eigenvalue weighted by molar-refractivity contribution is 7.89. The molecule has 1 atom stereocenters. The summed E-state index contributed by atoms with van der Waals surface area (Å²) in [7, 11) is -3.41. The van der Waals surface area contributed by atoms with Crippen molar-refractivity contribution in [3.05, 3.63) is 58.9 Å². The van der Waals surface area contributed by atoms with Gasteiger partial charge in [0.1, 0.15) is 0 Å². The van der Waals surface area contributed by atoms with Gasteiger partial charge in [-0.15, -0.1) is 0 Å². The number of aromatic nitrogens is 1. The van der Waals surface area contributed by atoms with Gasteiger partial charge in [-0.3, -0.25) is 14.7 Å². The fourth-order valence-corrected chi connectivity index (χ4v) is 6.26. The summed E-state index contributed by atoms with van der Waals surface area (Å²) < 4.78 is 27.3. The molecule has 0 spiro atoms. The van der Waals surface area contributed by atoms with E-state index in [0.717, 1.165) is 48.3 Å². The maximum absolute atomic E-state index is 12.9. The largest absolute Gasteiger partial charge is 0.350 e. The summed E-state index contributed by atoms with van der Waals surface area (Å²) in [5.74, 6) is -0.00348. The Kier molecular flexibility index (Phi) is 6.93. The van der Waals surface area contributed by atoms with Crippen LogP contribution in [0.1, 0.15) is 41.8 Å². The lowest BCUT2D eigenvalue weighted by Crippen LogP contribution is -2.32. The lowest BCUT2D eigenvalue weighted by Gasteiger charge is -2.18. The third-order valence-corrected chi connectivity index (χ3v) is 8.14. The van der Waals surface area contributed by atoms with E-state index in [4.69, 9.17) is 0 Å². The van der Waals surface area contributed by atoms with Gasteiger partial charge in [-0.1, -0.05) is 12.1 Å². The SMILES string of the molecule is Cc1cc(C)nc(CNC(=O)C2CCN(Cc3cccc(S(=O)(=O)N4CCCC4)c3)C2)c1. The zero-order valence-corrected chi connectivity index (χ0v) is 19.7. The summed E-state index contributed by atoms with van der Waals surface area (Å²) in [6.07, 6.45) is 2.66. The zero-order valence-electron chi connectivity index (χ0n) is 18.9. The summed E-state index contributed by atoms with van der Waals surface area (Å²) in [5, 5.41) is 3.03. The van der Waals surface area contributed by atoms with E-state index in [0.29, 0.717) is 37.6 Å². The topological polar surface area (TPSA) is 82.6 Å². The molecule has 8 heteroatoms. The smallest absolute Gasteiger partial charge is 0.243 e. The van der Waals surface area contributed by atoms with Gasteiger partial charge in [0, 0.05) is 31.9 Å². The van der Waals surface area contributed by atoms with E-state index in [1.807, 2.05) is 38.1 Å². The number of carbonyl (C=O) groups excluding carboxylic acids is 1.